The molecule has 5 heterocycles. The molecule has 7 rings (SSSR count). The summed E-state index contributed by atoms with van der Waals surface area (Å²) in [6.45, 7) is 3.10. The van der Waals surface area contributed by atoms with Crippen LogP contribution in [0.1, 0.15) is 27.7 Å². The van der Waals surface area contributed by atoms with Crippen molar-refractivity contribution in [2.24, 2.45) is 0 Å². The molecule has 0 spiro atoms. The number of carbonyl (C=O) groups is 1. The minimum Gasteiger partial charge on any atom is -0.335 e. The minimum atomic E-state index is 0.0482. The fourth-order valence-corrected chi connectivity index (χ4v) is 5.87. The zero-order valence-corrected chi connectivity index (χ0v) is 23.0. The summed E-state index contributed by atoms with van der Waals surface area (Å²) in [4.78, 5) is 30.7. The topological polar surface area (TPSA) is 112 Å². The molecule has 3 N–H and O–H groups in total. The maximum atomic E-state index is 11.8. The van der Waals surface area contributed by atoms with Gasteiger partial charge in [0.15, 0.2) is 11.6 Å². The molecule has 0 fully saturated rings. The Morgan fingerprint density at radius 1 is 0.854 bits per heavy atom. The summed E-state index contributed by atoms with van der Waals surface area (Å²) >= 11 is 1.45. The van der Waals surface area contributed by atoms with Gasteiger partial charge in [0.25, 0.3) is 0 Å². The van der Waals surface area contributed by atoms with Crippen LogP contribution in [-0.4, -0.2) is 35.9 Å². The number of hydrogen-bond acceptors (Lipinski definition) is 7. The summed E-state index contributed by atoms with van der Waals surface area (Å²) in [6, 6.07) is 22.6. The van der Waals surface area contributed by atoms with E-state index in [1.165, 1.54) is 16.9 Å². The second-order valence-corrected chi connectivity index (χ2v) is 11.0. The fourth-order valence-electron chi connectivity index (χ4n) is 4.96. The zero-order chi connectivity index (χ0) is 27.8. The van der Waals surface area contributed by atoms with Crippen molar-refractivity contribution >= 4 is 39.1 Å². The monoisotopic (exact) mass is 555 g/mol. The van der Waals surface area contributed by atoms with Gasteiger partial charge in [0.05, 0.1) is 22.1 Å². The van der Waals surface area contributed by atoms with Crippen molar-refractivity contribution in [1.82, 2.24) is 35.5 Å². The van der Waals surface area contributed by atoms with E-state index in [2.05, 4.69) is 72.9 Å². The third-order valence-electron chi connectivity index (χ3n) is 7.03. The van der Waals surface area contributed by atoms with Crippen LogP contribution in [-0.2, 0) is 13.1 Å². The smallest absolute Gasteiger partial charge is 0.169 e. The first-order valence-electron chi connectivity index (χ1n) is 13.2. The molecule has 0 aliphatic carbocycles. The van der Waals surface area contributed by atoms with Crippen LogP contribution in [0.2, 0.25) is 0 Å². The van der Waals surface area contributed by atoms with Crippen LogP contribution >= 0.6 is 11.3 Å². The van der Waals surface area contributed by atoms with Crippen LogP contribution in [0, 0.1) is 0 Å². The molecule has 0 bridgehead atoms. The lowest BCUT2D eigenvalue weighted by molar-refractivity contribution is 0.102. The number of nitrogens with zero attached hydrogens (tertiary/aromatic N) is 4. The van der Waals surface area contributed by atoms with Crippen molar-refractivity contribution < 1.29 is 4.79 Å². The first kappa shape index (κ1) is 25.0. The van der Waals surface area contributed by atoms with Crippen molar-refractivity contribution in [3.05, 3.63) is 108 Å². The number of pyridine rings is 2. The molecule has 0 aliphatic heterocycles. The largest absolute Gasteiger partial charge is 0.335 e. The van der Waals surface area contributed by atoms with E-state index >= 15 is 0 Å². The van der Waals surface area contributed by atoms with Crippen molar-refractivity contribution in [2.45, 2.75) is 20.0 Å². The van der Waals surface area contributed by atoms with E-state index in [0.29, 0.717) is 10.7 Å². The van der Waals surface area contributed by atoms with Gasteiger partial charge in [-0.2, -0.15) is 5.10 Å². The number of benzene rings is 2. The third kappa shape index (κ3) is 4.93. The molecular formula is C32H25N7OS. The highest BCUT2D eigenvalue weighted by molar-refractivity contribution is 7.17. The number of carbonyl (C=O) groups excluding carboxylic acids is 1. The molecule has 5 aromatic heterocycles. The Balaban J connectivity index is 1.19. The van der Waals surface area contributed by atoms with E-state index in [9.17, 15) is 4.79 Å². The van der Waals surface area contributed by atoms with E-state index in [1.807, 2.05) is 36.7 Å². The molecule has 2 aromatic carbocycles. The van der Waals surface area contributed by atoms with Gasteiger partial charge in [0, 0.05) is 53.1 Å². The van der Waals surface area contributed by atoms with Gasteiger partial charge in [0.2, 0.25) is 0 Å². The Hall–Kier alpha value is -4.99. The van der Waals surface area contributed by atoms with Crippen LogP contribution in [0.15, 0.2) is 91.5 Å². The number of H-pyrrole nitrogens is 2. The van der Waals surface area contributed by atoms with Crippen LogP contribution in [0.3, 0.4) is 0 Å². The van der Waals surface area contributed by atoms with E-state index in [1.54, 1.807) is 19.3 Å². The summed E-state index contributed by atoms with van der Waals surface area (Å²) in [5.41, 5.74) is 8.57. The number of ketones is 1. The van der Waals surface area contributed by atoms with E-state index in [0.717, 1.165) is 67.9 Å². The highest BCUT2D eigenvalue weighted by Gasteiger charge is 2.17. The number of fused-ring (bicyclic) bond motifs is 2. The first-order valence-corrected chi connectivity index (χ1v) is 14.1. The molecule has 0 saturated heterocycles. The Labute approximate surface area is 239 Å². The van der Waals surface area contributed by atoms with Crippen LogP contribution in [0.25, 0.3) is 55.0 Å². The normalized spacial score (nSPS) is 11.4. The SMILES string of the molecule is CC(=O)c1ccc(-c2cncc3[nH]c(-c4n[nH]c5ccc(-c6cncc(CNCc7ccccc7)c6)cc45)nc23)s1. The predicted molar refractivity (Wildman–Crippen MR) is 163 cm³/mol. The van der Waals surface area contributed by atoms with Crippen molar-refractivity contribution in [2.75, 3.05) is 0 Å². The number of nitrogens with one attached hydrogen (secondary N) is 3. The standard InChI is InChI=1S/C32H25N7OS/c1-19(40)28-9-10-29(41-28)25-17-35-18-27-30(25)37-32(36-27)31-24-12-22(7-8-26(24)38-39-31)23-11-21(15-34-16-23)14-33-13-20-5-3-2-4-6-20/h2-12,15-18,33H,13-14H2,1H3,(H,36,37)(H,38,39). The summed E-state index contributed by atoms with van der Waals surface area (Å²) in [5.74, 6) is 0.699. The Morgan fingerprint density at radius 3 is 2.56 bits per heavy atom. The molecule has 200 valence electrons. The average molecular weight is 556 g/mol. The molecule has 0 saturated carbocycles. The number of imidazole rings is 1. The van der Waals surface area contributed by atoms with Crippen LogP contribution in [0.5, 0.6) is 0 Å². The third-order valence-corrected chi connectivity index (χ3v) is 8.25. The lowest BCUT2D eigenvalue weighted by Crippen LogP contribution is -2.12. The number of thiophene rings is 1. The molecule has 0 amide bonds. The zero-order valence-electron chi connectivity index (χ0n) is 22.2. The lowest BCUT2D eigenvalue weighted by Gasteiger charge is -2.07. The highest BCUT2D eigenvalue weighted by atomic mass is 32.1. The molecule has 41 heavy (non-hydrogen) atoms. The van der Waals surface area contributed by atoms with E-state index in [4.69, 9.17) is 4.98 Å². The van der Waals surface area contributed by atoms with Gasteiger partial charge in [-0.05, 0) is 53.9 Å². The van der Waals surface area contributed by atoms with E-state index < -0.39 is 0 Å². The van der Waals surface area contributed by atoms with Crippen LogP contribution in [0.4, 0.5) is 0 Å². The van der Waals surface area contributed by atoms with Crippen molar-refractivity contribution in [1.29, 1.82) is 0 Å². The number of aromatic amines is 2. The Morgan fingerprint density at radius 2 is 1.71 bits per heavy atom. The maximum absolute atomic E-state index is 11.8. The Kier molecular flexibility index (Phi) is 6.42. The molecule has 8 nitrogen and oxygen atoms in total. The summed E-state index contributed by atoms with van der Waals surface area (Å²) < 4.78 is 0. The minimum absolute atomic E-state index is 0.0482. The van der Waals surface area contributed by atoms with Crippen molar-refractivity contribution in [3.8, 4) is 33.1 Å². The quantitative estimate of drug-likeness (QED) is 0.178. The summed E-state index contributed by atoms with van der Waals surface area (Å²) in [6.07, 6.45) is 7.34. The van der Waals surface area contributed by atoms with Gasteiger partial charge in [-0.25, -0.2) is 4.98 Å². The van der Waals surface area contributed by atoms with Crippen LogP contribution < -0.4 is 5.32 Å². The maximum Gasteiger partial charge on any atom is 0.169 e. The second kappa shape index (κ2) is 10.5. The summed E-state index contributed by atoms with van der Waals surface area (Å²) in [5, 5.41) is 12.2. The van der Waals surface area contributed by atoms with E-state index in [-0.39, 0.29) is 5.78 Å². The van der Waals surface area contributed by atoms with Gasteiger partial charge >= 0.3 is 0 Å². The molecule has 7 aromatic rings. The fraction of sp³-hybridized carbons (Fsp3) is 0.0938. The molecule has 9 heteroatoms. The predicted octanol–water partition coefficient (Wildman–Crippen LogP) is 6.78. The molecule has 0 aliphatic rings. The summed E-state index contributed by atoms with van der Waals surface area (Å²) in [7, 11) is 0. The molecule has 0 unspecified atom stereocenters. The number of aromatic nitrogens is 6. The van der Waals surface area contributed by atoms with Gasteiger partial charge < -0.3 is 10.3 Å². The van der Waals surface area contributed by atoms with Gasteiger partial charge in [0.1, 0.15) is 11.2 Å². The van der Waals surface area contributed by atoms with Gasteiger partial charge in [-0.3, -0.25) is 19.9 Å². The second-order valence-electron chi connectivity index (χ2n) is 9.89. The molecule has 0 atom stereocenters. The molecule has 0 radical (unpaired) electrons. The lowest BCUT2D eigenvalue weighted by atomic mass is 10.0. The first-order chi connectivity index (χ1) is 20.1. The highest BCUT2D eigenvalue weighted by Crippen LogP contribution is 2.35. The Bertz CT molecular complexity index is 2020. The number of hydrogen-bond donors (Lipinski definition) is 3. The van der Waals surface area contributed by atoms with Gasteiger partial charge in [-0.1, -0.05) is 36.4 Å². The number of rotatable bonds is 8. The van der Waals surface area contributed by atoms with Crippen molar-refractivity contribution in [3.63, 3.8) is 0 Å². The number of Topliss-reactive ketones (excluding diaryl/α,β-unsaturated/α-hetero) is 1. The van der Waals surface area contributed by atoms with Gasteiger partial charge in [-0.15, -0.1) is 11.3 Å². The average Bonchev–Trinajstić information content (AvgIpc) is 3.76. The molecular weight excluding hydrogens is 530 g/mol.